The molecule has 0 aromatic rings. The monoisotopic (exact) mass is 201 g/mol. The fourth-order valence-corrected chi connectivity index (χ4v) is 1.36. The molecule has 0 amide bonds. The summed E-state index contributed by atoms with van der Waals surface area (Å²) >= 11 is 0. The van der Waals surface area contributed by atoms with Crippen LogP contribution in [0.15, 0.2) is 5.16 Å². The molecular formula is C10H23N3O. The zero-order valence-electron chi connectivity index (χ0n) is 9.70. The summed E-state index contributed by atoms with van der Waals surface area (Å²) in [6.07, 6.45) is 1.15. The molecule has 0 aliphatic carbocycles. The van der Waals surface area contributed by atoms with E-state index in [1.807, 2.05) is 6.92 Å². The third-order valence-electron chi connectivity index (χ3n) is 2.74. The molecule has 0 fully saturated rings. The van der Waals surface area contributed by atoms with Gasteiger partial charge in [-0.15, -0.1) is 0 Å². The van der Waals surface area contributed by atoms with E-state index in [1.54, 1.807) is 0 Å². The summed E-state index contributed by atoms with van der Waals surface area (Å²) in [6.45, 7) is 10.3. The first-order valence-electron chi connectivity index (χ1n) is 5.28. The Morgan fingerprint density at radius 3 is 2.36 bits per heavy atom. The molecule has 84 valence electrons. The molecule has 0 saturated heterocycles. The highest BCUT2D eigenvalue weighted by atomic mass is 16.4. The Hall–Kier alpha value is -0.770. The molecule has 0 bridgehead atoms. The van der Waals surface area contributed by atoms with Crippen LogP contribution < -0.4 is 5.73 Å². The fraction of sp³-hybridized carbons (Fsp3) is 0.900. The predicted molar refractivity (Wildman–Crippen MR) is 59.6 cm³/mol. The second kappa shape index (κ2) is 6.65. The molecule has 0 saturated carbocycles. The lowest BCUT2D eigenvalue weighted by molar-refractivity contribution is 0.220. The summed E-state index contributed by atoms with van der Waals surface area (Å²) in [5.41, 5.74) is 5.57. The molecule has 0 spiro atoms. The van der Waals surface area contributed by atoms with Crippen LogP contribution in [-0.2, 0) is 0 Å². The van der Waals surface area contributed by atoms with Gasteiger partial charge in [0.05, 0.1) is 6.04 Å². The summed E-state index contributed by atoms with van der Waals surface area (Å²) in [4.78, 5) is 2.21. The van der Waals surface area contributed by atoms with E-state index in [9.17, 15) is 0 Å². The van der Waals surface area contributed by atoms with Gasteiger partial charge in [0.2, 0.25) is 0 Å². The molecule has 0 aliphatic rings. The van der Waals surface area contributed by atoms with Gasteiger partial charge in [0.25, 0.3) is 0 Å². The van der Waals surface area contributed by atoms with Crippen molar-refractivity contribution in [2.45, 2.75) is 40.2 Å². The molecule has 3 N–H and O–H groups in total. The molecule has 0 heterocycles. The van der Waals surface area contributed by atoms with Crippen LogP contribution in [0.25, 0.3) is 0 Å². The van der Waals surface area contributed by atoms with Gasteiger partial charge in [-0.2, -0.15) is 0 Å². The SMILES string of the molecule is CCC(C)CN(CC)C(C)C(N)=NO. The van der Waals surface area contributed by atoms with Crippen molar-refractivity contribution in [3.05, 3.63) is 0 Å². The van der Waals surface area contributed by atoms with Gasteiger partial charge in [0, 0.05) is 6.54 Å². The van der Waals surface area contributed by atoms with Crippen LogP contribution in [0.2, 0.25) is 0 Å². The maximum atomic E-state index is 8.58. The molecule has 0 rings (SSSR count). The molecule has 2 atom stereocenters. The standard InChI is InChI=1S/C10H23N3O/c1-5-8(3)7-13(6-2)9(4)10(11)12-14/h8-9,14H,5-7H2,1-4H3,(H2,11,12). The molecule has 14 heavy (non-hydrogen) atoms. The van der Waals surface area contributed by atoms with E-state index in [2.05, 4.69) is 30.8 Å². The smallest absolute Gasteiger partial charge is 0.156 e. The number of amidine groups is 1. The van der Waals surface area contributed by atoms with E-state index in [4.69, 9.17) is 10.9 Å². The van der Waals surface area contributed by atoms with E-state index in [-0.39, 0.29) is 11.9 Å². The van der Waals surface area contributed by atoms with Crippen LogP contribution in [-0.4, -0.2) is 35.1 Å². The Labute approximate surface area is 86.8 Å². The van der Waals surface area contributed by atoms with Gasteiger partial charge in [-0.05, 0) is 19.4 Å². The average Bonchev–Trinajstić information content (AvgIpc) is 2.23. The Bertz CT molecular complexity index is 182. The first-order chi connectivity index (χ1) is 6.56. The second-order valence-electron chi connectivity index (χ2n) is 3.80. The maximum Gasteiger partial charge on any atom is 0.156 e. The highest BCUT2D eigenvalue weighted by Gasteiger charge is 2.17. The van der Waals surface area contributed by atoms with Gasteiger partial charge >= 0.3 is 0 Å². The van der Waals surface area contributed by atoms with Crippen LogP contribution in [0, 0.1) is 5.92 Å². The zero-order valence-corrected chi connectivity index (χ0v) is 9.70. The quantitative estimate of drug-likeness (QED) is 0.296. The molecular weight excluding hydrogens is 178 g/mol. The first kappa shape index (κ1) is 13.2. The van der Waals surface area contributed by atoms with Gasteiger partial charge in [-0.3, -0.25) is 4.90 Å². The van der Waals surface area contributed by atoms with Crippen LogP contribution in [0.5, 0.6) is 0 Å². The van der Waals surface area contributed by atoms with Crippen molar-refractivity contribution in [2.24, 2.45) is 16.8 Å². The number of nitrogens with zero attached hydrogens (tertiary/aromatic N) is 2. The number of rotatable bonds is 6. The van der Waals surface area contributed by atoms with E-state index in [0.29, 0.717) is 5.92 Å². The van der Waals surface area contributed by atoms with E-state index >= 15 is 0 Å². The zero-order chi connectivity index (χ0) is 11.1. The van der Waals surface area contributed by atoms with E-state index < -0.39 is 0 Å². The molecule has 0 aromatic heterocycles. The molecule has 0 aliphatic heterocycles. The third-order valence-corrected chi connectivity index (χ3v) is 2.74. The Balaban J connectivity index is 4.26. The van der Waals surface area contributed by atoms with Crippen molar-refractivity contribution in [3.8, 4) is 0 Å². The Morgan fingerprint density at radius 1 is 1.43 bits per heavy atom. The summed E-state index contributed by atoms with van der Waals surface area (Å²) in [7, 11) is 0. The van der Waals surface area contributed by atoms with Gasteiger partial charge < -0.3 is 10.9 Å². The number of oxime groups is 1. The lowest BCUT2D eigenvalue weighted by Crippen LogP contribution is -2.44. The Kier molecular flexibility index (Phi) is 6.28. The van der Waals surface area contributed by atoms with Crippen molar-refractivity contribution in [2.75, 3.05) is 13.1 Å². The molecule has 4 heteroatoms. The van der Waals surface area contributed by atoms with Gasteiger partial charge in [0.1, 0.15) is 0 Å². The van der Waals surface area contributed by atoms with Crippen LogP contribution in [0.1, 0.15) is 34.1 Å². The van der Waals surface area contributed by atoms with Gasteiger partial charge in [0.15, 0.2) is 5.84 Å². The predicted octanol–water partition coefficient (Wildman–Crippen LogP) is 1.49. The summed E-state index contributed by atoms with van der Waals surface area (Å²) in [5, 5.41) is 11.6. The largest absolute Gasteiger partial charge is 0.409 e. The van der Waals surface area contributed by atoms with Crippen LogP contribution in [0.4, 0.5) is 0 Å². The minimum Gasteiger partial charge on any atom is -0.409 e. The van der Waals surface area contributed by atoms with Crippen molar-refractivity contribution in [1.82, 2.24) is 4.90 Å². The summed E-state index contributed by atoms with van der Waals surface area (Å²) in [6, 6.07) is 0.0130. The van der Waals surface area contributed by atoms with Crippen molar-refractivity contribution < 1.29 is 5.21 Å². The topological polar surface area (TPSA) is 61.8 Å². The molecule has 2 unspecified atom stereocenters. The Morgan fingerprint density at radius 2 is 2.00 bits per heavy atom. The molecule has 0 aromatic carbocycles. The number of hydrogen-bond donors (Lipinski definition) is 2. The summed E-state index contributed by atoms with van der Waals surface area (Å²) in [5.74, 6) is 0.930. The number of hydrogen-bond acceptors (Lipinski definition) is 3. The number of likely N-dealkylation sites (N-methyl/N-ethyl adjacent to an activating group) is 1. The second-order valence-corrected chi connectivity index (χ2v) is 3.80. The van der Waals surface area contributed by atoms with Crippen molar-refractivity contribution >= 4 is 5.84 Å². The number of nitrogens with two attached hydrogens (primary N) is 1. The summed E-state index contributed by atoms with van der Waals surface area (Å²) < 4.78 is 0. The average molecular weight is 201 g/mol. The van der Waals surface area contributed by atoms with Crippen molar-refractivity contribution in [1.29, 1.82) is 0 Å². The van der Waals surface area contributed by atoms with Gasteiger partial charge in [-0.25, -0.2) is 0 Å². The fourth-order valence-electron chi connectivity index (χ4n) is 1.36. The third kappa shape index (κ3) is 3.96. The minimum absolute atomic E-state index is 0.0130. The van der Waals surface area contributed by atoms with Crippen LogP contribution in [0.3, 0.4) is 0 Å². The lowest BCUT2D eigenvalue weighted by Gasteiger charge is -2.29. The van der Waals surface area contributed by atoms with E-state index in [0.717, 1.165) is 19.5 Å². The highest BCUT2D eigenvalue weighted by Crippen LogP contribution is 2.07. The van der Waals surface area contributed by atoms with Crippen LogP contribution >= 0.6 is 0 Å². The normalized spacial score (nSPS) is 17.1. The van der Waals surface area contributed by atoms with Crippen molar-refractivity contribution in [3.63, 3.8) is 0 Å². The van der Waals surface area contributed by atoms with Gasteiger partial charge in [-0.1, -0.05) is 32.3 Å². The maximum absolute atomic E-state index is 8.58. The van der Waals surface area contributed by atoms with E-state index in [1.165, 1.54) is 0 Å². The lowest BCUT2D eigenvalue weighted by atomic mass is 10.1. The minimum atomic E-state index is 0.0130. The highest BCUT2D eigenvalue weighted by molar-refractivity contribution is 5.84. The molecule has 0 radical (unpaired) electrons. The first-order valence-corrected chi connectivity index (χ1v) is 5.28. The molecule has 4 nitrogen and oxygen atoms in total.